The van der Waals surface area contributed by atoms with Gasteiger partial charge in [-0.05, 0) is 36.1 Å². The second-order valence-electron chi connectivity index (χ2n) is 5.69. The quantitative estimate of drug-likeness (QED) is 0.935. The molecule has 1 aliphatic rings. The molecule has 0 aromatic heterocycles. The minimum Gasteiger partial charge on any atom is -0.489 e. The third kappa shape index (κ3) is 3.67. The fourth-order valence-electron chi connectivity index (χ4n) is 2.82. The van der Waals surface area contributed by atoms with Crippen LogP contribution in [0.25, 0.3) is 0 Å². The molecule has 0 radical (unpaired) electrons. The van der Waals surface area contributed by atoms with Crippen molar-refractivity contribution in [3.05, 3.63) is 65.7 Å². The van der Waals surface area contributed by atoms with Crippen molar-refractivity contribution in [2.45, 2.75) is 31.8 Å². The van der Waals surface area contributed by atoms with Crippen LogP contribution in [0.5, 0.6) is 5.75 Å². The van der Waals surface area contributed by atoms with Gasteiger partial charge in [0.1, 0.15) is 12.4 Å². The number of ether oxygens (including phenoxy) is 1. The second-order valence-corrected chi connectivity index (χ2v) is 5.69. The lowest BCUT2D eigenvalue weighted by molar-refractivity contribution is -0.122. The van der Waals surface area contributed by atoms with Crippen molar-refractivity contribution < 1.29 is 9.53 Å². The lowest BCUT2D eigenvalue weighted by Crippen LogP contribution is -2.27. The van der Waals surface area contributed by atoms with Gasteiger partial charge >= 0.3 is 0 Å². The van der Waals surface area contributed by atoms with Gasteiger partial charge in [0, 0.05) is 6.54 Å². The molecule has 1 fully saturated rings. The van der Waals surface area contributed by atoms with E-state index in [1.807, 2.05) is 54.6 Å². The van der Waals surface area contributed by atoms with Gasteiger partial charge in [-0.3, -0.25) is 4.79 Å². The van der Waals surface area contributed by atoms with E-state index in [4.69, 9.17) is 4.74 Å². The Morgan fingerprint density at radius 2 is 1.91 bits per heavy atom. The number of hydrogen-bond donors (Lipinski definition) is 1. The van der Waals surface area contributed by atoms with Crippen molar-refractivity contribution >= 4 is 5.91 Å². The average Bonchev–Trinajstić information content (AvgIpc) is 2.79. The van der Waals surface area contributed by atoms with Crippen LogP contribution in [0.3, 0.4) is 0 Å². The summed E-state index contributed by atoms with van der Waals surface area (Å²) in [7, 11) is 0. The van der Waals surface area contributed by atoms with Gasteiger partial charge in [-0.2, -0.15) is 0 Å². The highest BCUT2D eigenvalue weighted by atomic mass is 16.5. The molecule has 2 aromatic carbocycles. The molecular weight excluding hydrogens is 274 g/mol. The van der Waals surface area contributed by atoms with Crippen molar-refractivity contribution in [2.75, 3.05) is 6.54 Å². The third-order valence-corrected chi connectivity index (χ3v) is 4.04. The van der Waals surface area contributed by atoms with E-state index in [9.17, 15) is 4.79 Å². The molecule has 1 heterocycles. The molecule has 0 bridgehead atoms. The summed E-state index contributed by atoms with van der Waals surface area (Å²) in [6.07, 6.45) is 3.05. The van der Waals surface area contributed by atoms with Gasteiger partial charge in [-0.25, -0.2) is 0 Å². The first-order chi connectivity index (χ1) is 10.8. The Morgan fingerprint density at radius 3 is 2.77 bits per heavy atom. The Morgan fingerprint density at radius 1 is 1.05 bits per heavy atom. The average molecular weight is 295 g/mol. The van der Waals surface area contributed by atoms with Crippen LogP contribution in [0.2, 0.25) is 0 Å². The molecule has 114 valence electrons. The first-order valence-electron chi connectivity index (χ1n) is 7.87. The number of carbonyl (C=O) groups is 1. The van der Waals surface area contributed by atoms with E-state index in [-0.39, 0.29) is 11.8 Å². The largest absolute Gasteiger partial charge is 0.489 e. The maximum Gasteiger partial charge on any atom is 0.227 e. The van der Waals surface area contributed by atoms with Crippen LogP contribution >= 0.6 is 0 Å². The second kappa shape index (κ2) is 7.12. The number of nitrogens with one attached hydrogen (secondary N) is 1. The number of carbonyl (C=O) groups excluding carboxylic acids is 1. The molecule has 1 N–H and O–H groups in total. The Balaban J connectivity index is 1.70. The summed E-state index contributed by atoms with van der Waals surface area (Å²) < 4.78 is 5.86. The van der Waals surface area contributed by atoms with Crippen LogP contribution in [0.4, 0.5) is 0 Å². The molecule has 0 spiro atoms. The first kappa shape index (κ1) is 14.6. The molecular formula is C19H21NO2. The first-order valence-corrected chi connectivity index (χ1v) is 7.87. The maximum atomic E-state index is 12.2. The van der Waals surface area contributed by atoms with Crippen molar-refractivity contribution in [3.8, 4) is 5.75 Å². The molecule has 1 unspecified atom stereocenters. The molecule has 22 heavy (non-hydrogen) atoms. The van der Waals surface area contributed by atoms with E-state index in [1.54, 1.807) is 0 Å². The Kier molecular flexibility index (Phi) is 4.74. The highest BCUT2D eigenvalue weighted by Gasteiger charge is 2.22. The topological polar surface area (TPSA) is 38.3 Å². The van der Waals surface area contributed by atoms with E-state index < -0.39 is 0 Å². The van der Waals surface area contributed by atoms with Crippen molar-refractivity contribution in [1.82, 2.24) is 5.32 Å². The molecule has 3 nitrogen and oxygen atoms in total. The fraction of sp³-hybridized carbons (Fsp3) is 0.316. The molecule has 0 aliphatic carbocycles. The van der Waals surface area contributed by atoms with Crippen LogP contribution in [-0.2, 0) is 11.4 Å². The van der Waals surface area contributed by atoms with Gasteiger partial charge in [0.15, 0.2) is 0 Å². The Bertz CT molecular complexity index is 624. The van der Waals surface area contributed by atoms with E-state index in [0.717, 1.165) is 42.7 Å². The van der Waals surface area contributed by atoms with Gasteiger partial charge in [0.25, 0.3) is 0 Å². The molecule has 1 aliphatic heterocycles. The summed E-state index contributed by atoms with van der Waals surface area (Å²) in [6.45, 7) is 1.33. The number of benzene rings is 2. The molecule has 3 rings (SSSR count). The van der Waals surface area contributed by atoms with Crippen molar-refractivity contribution in [2.24, 2.45) is 0 Å². The Hall–Kier alpha value is -2.29. The van der Waals surface area contributed by atoms with Crippen LogP contribution in [-0.4, -0.2) is 12.5 Å². The molecule has 3 heteroatoms. The molecule has 1 amide bonds. The smallest absolute Gasteiger partial charge is 0.227 e. The predicted molar refractivity (Wildman–Crippen MR) is 86.8 cm³/mol. The van der Waals surface area contributed by atoms with Crippen molar-refractivity contribution in [3.63, 3.8) is 0 Å². The summed E-state index contributed by atoms with van der Waals surface area (Å²) in [6, 6.07) is 18.0. The normalized spacial score (nSPS) is 18.4. The van der Waals surface area contributed by atoms with Crippen molar-refractivity contribution in [1.29, 1.82) is 0 Å². The lowest BCUT2D eigenvalue weighted by Gasteiger charge is -2.15. The summed E-state index contributed by atoms with van der Waals surface area (Å²) in [4.78, 5) is 12.2. The fourth-order valence-corrected chi connectivity index (χ4v) is 2.82. The maximum absolute atomic E-state index is 12.2. The summed E-state index contributed by atoms with van der Waals surface area (Å²) in [5, 5.41) is 2.99. The highest BCUT2D eigenvalue weighted by Crippen LogP contribution is 2.27. The molecule has 1 atom stereocenters. The predicted octanol–water partition coefficient (Wildman–Crippen LogP) is 3.65. The zero-order valence-electron chi connectivity index (χ0n) is 12.6. The number of hydrogen-bond acceptors (Lipinski definition) is 2. The van der Waals surface area contributed by atoms with Crippen LogP contribution in [0.1, 0.15) is 36.3 Å². The van der Waals surface area contributed by atoms with E-state index >= 15 is 0 Å². The standard InChI is InChI=1S/C19H21NO2/c21-19-18(11-4-5-12-20-19)16-9-6-10-17(13-16)22-14-15-7-2-1-3-8-15/h1-3,6-10,13,18H,4-5,11-12,14H2,(H,20,21). The zero-order chi connectivity index (χ0) is 15.2. The van der Waals surface area contributed by atoms with Gasteiger partial charge in [0.2, 0.25) is 5.91 Å². The summed E-state index contributed by atoms with van der Waals surface area (Å²) >= 11 is 0. The van der Waals surface area contributed by atoms with Crippen LogP contribution in [0.15, 0.2) is 54.6 Å². The van der Waals surface area contributed by atoms with Gasteiger partial charge in [-0.15, -0.1) is 0 Å². The minimum absolute atomic E-state index is 0.0530. The van der Waals surface area contributed by atoms with E-state index in [2.05, 4.69) is 5.32 Å². The Labute approximate surface area is 131 Å². The number of rotatable bonds is 4. The minimum atomic E-state index is -0.0530. The summed E-state index contributed by atoms with van der Waals surface area (Å²) in [5.74, 6) is 0.902. The summed E-state index contributed by atoms with van der Waals surface area (Å²) in [5.41, 5.74) is 2.19. The number of amides is 1. The molecule has 0 saturated carbocycles. The van der Waals surface area contributed by atoms with Crippen LogP contribution in [0, 0.1) is 0 Å². The van der Waals surface area contributed by atoms with E-state index in [1.165, 1.54) is 0 Å². The van der Waals surface area contributed by atoms with Gasteiger partial charge in [-0.1, -0.05) is 48.9 Å². The van der Waals surface area contributed by atoms with Gasteiger partial charge < -0.3 is 10.1 Å². The molecule has 2 aromatic rings. The zero-order valence-corrected chi connectivity index (χ0v) is 12.6. The molecule has 1 saturated heterocycles. The van der Waals surface area contributed by atoms with E-state index in [0.29, 0.717) is 6.61 Å². The highest BCUT2D eigenvalue weighted by molar-refractivity contribution is 5.83. The monoisotopic (exact) mass is 295 g/mol. The third-order valence-electron chi connectivity index (χ3n) is 4.04. The van der Waals surface area contributed by atoms with Gasteiger partial charge in [0.05, 0.1) is 5.92 Å². The van der Waals surface area contributed by atoms with Crippen LogP contribution < -0.4 is 10.1 Å². The lowest BCUT2D eigenvalue weighted by atomic mass is 9.94. The SMILES string of the molecule is O=C1NCCCCC1c1cccc(OCc2ccccc2)c1.